The Morgan fingerprint density at radius 2 is 2.14 bits per heavy atom. The summed E-state index contributed by atoms with van der Waals surface area (Å²) in [7, 11) is 1.80. The lowest BCUT2D eigenvalue weighted by Crippen LogP contribution is -2.33. The van der Waals surface area contributed by atoms with Gasteiger partial charge in [0.05, 0.1) is 18.9 Å². The van der Waals surface area contributed by atoms with E-state index in [1.54, 1.807) is 11.7 Å². The summed E-state index contributed by atoms with van der Waals surface area (Å²) < 4.78 is 12.8. The first-order valence-electron chi connectivity index (χ1n) is 7.67. The quantitative estimate of drug-likeness (QED) is 0.788. The van der Waals surface area contributed by atoms with Crippen molar-refractivity contribution in [1.82, 2.24) is 15.1 Å². The van der Waals surface area contributed by atoms with Crippen LogP contribution in [-0.4, -0.2) is 41.9 Å². The van der Waals surface area contributed by atoms with Gasteiger partial charge in [-0.25, -0.2) is 4.79 Å². The molecule has 0 saturated carbocycles. The van der Waals surface area contributed by atoms with Gasteiger partial charge in [-0.05, 0) is 19.8 Å². The number of carbonyl (C=O) groups is 1. The van der Waals surface area contributed by atoms with E-state index in [0.29, 0.717) is 25.6 Å². The van der Waals surface area contributed by atoms with Gasteiger partial charge in [-0.2, -0.15) is 5.10 Å². The average molecular weight is 310 g/mol. The molecule has 0 unspecified atom stereocenters. The van der Waals surface area contributed by atoms with Crippen LogP contribution in [-0.2, 0) is 16.5 Å². The van der Waals surface area contributed by atoms with Crippen LogP contribution >= 0.6 is 0 Å². The lowest BCUT2D eigenvalue weighted by Gasteiger charge is -2.29. The smallest absolute Gasteiger partial charge is 0.320 e. The van der Waals surface area contributed by atoms with Crippen molar-refractivity contribution in [1.29, 1.82) is 0 Å². The Balaban J connectivity index is 1.67. The van der Waals surface area contributed by atoms with Gasteiger partial charge in [-0.1, -0.05) is 13.8 Å². The Kier molecular flexibility index (Phi) is 5.42. The normalized spacial score (nSPS) is 16.0. The number of carbonyl (C=O) groups excluding carboxylic acids is 1. The van der Waals surface area contributed by atoms with Crippen LogP contribution in [0.2, 0.25) is 0 Å². The maximum atomic E-state index is 11.8. The third-order valence-corrected chi connectivity index (χ3v) is 3.79. The molecule has 2 rings (SSSR count). The molecule has 0 bridgehead atoms. The first kappa shape index (κ1) is 16.8. The first-order valence-corrected chi connectivity index (χ1v) is 7.67. The fraction of sp³-hybridized carbons (Fsp3) is 0.733. The number of hydrogen-bond donors (Lipinski definition) is 2. The molecule has 22 heavy (non-hydrogen) atoms. The second kappa shape index (κ2) is 7.11. The predicted molar refractivity (Wildman–Crippen MR) is 83.7 cm³/mol. The molecule has 0 aliphatic carbocycles. The highest BCUT2D eigenvalue weighted by molar-refractivity contribution is 5.88. The van der Waals surface area contributed by atoms with Crippen LogP contribution in [0.1, 0.15) is 32.4 Å². The fourth-order valence-corrected chi connectivity index (χ4v) is 2.56. The van der Waals surface area contributed by atoms with Crippen LogP contribution in [0.15, 0.2) is 6.07 Å². The van der Waals surface area contributed by atoms with Crippen LogP contribution in [0.25, 0.3) is 0 Å². The van der Waals surface area contributed by atoms with Crippen molar-refractivity contribution in [3.05, 3.63) is 11.8 Å². The summed E-state index contributed by atoms with van der Waals surface area (Å²) in [6.07, 6.45) is 1.65. The third-order valence-electron chi connectivity index (χ3n) is 3.79. The van der Waals surface area contributed by atoms with Gasteiger partial charge in [0.2, 0.25) is 0 Å². The molecule has 1 fully saturated rings. The van der Waals surface area contributed by atoms with Gasteiger partial charge in [0.1, 0.15) is 5.82 Å². The average Bonchev–Trinajstić information content (AvgIpc) is 3.06. The Morgan fingerprint density at radius 3 is 2.73 bits per heavy atom. The zero-order chi connectivity index (χ0) is 16.2. The van der Waals surface area contributed by atoms with Crippen molar-refractivity contribution in [3.8, 4) is 0 Å². The van der Waals surface area contributed by atoms with Crippen molar-refractivity contribution >= 4 is 11.8 Å². The van der Waals surface area contributed by atoms with E-state index in [0.717, 1.165) is 18.5 Å². The summed E-state index contributed by atoms with van der Waals surface area (Å²) >= 11 is 0. The lowest BCUT2D eigenvalue weighted by molar-refractivity contribution is -0.122. The van der Waals surface area contributed by atoms with Crippen molar-refractivity contribution in [3.63, 3.8) is 0 Å². The summed E-state index contributed by atoms with van der Waals surface area (Å²) in [4.78, 5) is 11.8. The van der Waals surface area contributed by atoms with Crippen molar-refractivity contribution in [2.45, 2.75) is 39.9 Å². The number of rotatable bonds is 6. The highest BCUT2D eigenvalue weighted by Crippen LogP contribution is 2.31. The SMILES string of the molecule is Cc1cc(NC(=O)NCCCC(C)(C)C2OCCO2)n(C)n1. The molecule has 2 amide bonds. The minimum Gasteiger partial charge on any atom is -0.350 e. The number of nitrogens with one attached hydrogen (secondary N) is 2. The number of amides is 2. The molecule has 1 aliphatic rings. The number of hydrogen-bond acceptors (Lipinski definition) is 4. The summed E-state index contributed by atoms with van der Waals surface area (Å²) in [5.74, 6) is 0.683. The van der Waals surface area contributed by atoms with Crippen molar-refractivity contribution in [2.24, 2.45) is 12.5 Å². The van der Waals surface area contributed by atoms with Gasteiger partial charge < -0.3 is 14.8 Å². The molecule has 124 valence electrons. The second-order valence-corrected chi connectivity index (χ2v) is 6.34. The van der Waals surface area contributed by atoms with Crippen molar-refractivity contribution in [2.75, 3.05) is 25.1 Å². The van der Waals surface area contributed by atoms with Crippen LogP contribution in [0.3, 0.4) is 0 Å². The van der Waals surface area contributed by atoms with Gasteiger partial charge in [-0.3, -0.25) is 10.00 Å². The summed E-state index contributed by atoms with van der Waals surface area (Å²) in [5.41, 5.74) is 0.824. The van der Waals surface area contributed by atoms with E-state index in [4.69, 9.17) is 9.47 Å². The molecule has 1 aromatic rings. The lowest BCUT2D eigenvalue weighted by atomic mass is 9.87. The molecular weight excluding hydrogens is 284 g/mol. The minimum absolute atomic E-state index is 0.0478. The molecule has 7 nitrogen and oxygen atoms in total. The topological polar surface area (TPSA) is 77.4 Å². The number of nitrogens with zero attached hydrogens (tertiary/aromatic N) is 2. The first-order chi connectivity index (χ1) is 10.4. The van der Waals surface area contributed by atoms with Gasteiger partial charge in [0.25, 0.3) is 0 Å². The molecule has 1 aliphatic heterocycles. The minimum atomic E-state index is -0.214. The number of ether oxygens (including phenoxy) is 2. The third kappa shape index (κ3) is 4.45. The predicted octanol–water partition coefficient (Wildman–Crippen LogP) is 2.03. The zero-order valence-corrected chi connectivity index (χ0v) is 13.8. The van der Waals surface area contributed by atoms with E-state index < -0.39 is 0 Å². The van der Waals surface area contributed by atoms with E-state index in [1.165, 1.54) is 0 Å². The van der Waals surface area contributed by atoms with Gasteiger partial charge in [0, 0.05) is 25.1 Å². The molecule has 2 N–H and O–H groups in total. The molecule has 0 radical (unpaired) electrons. The Labute approximate surface area is 131 Å². The van der Waals surface area contributed by atoms with Crippen LogP contribution in [0, 0.1) is 12.3 Å². The number of aryl methyl sites for hydroxylation is 2. The molecular formula is C15H26N4O3. The fourth-order valence-electron chi connectivity index (χ4n) is 2.56. The molecule has 7 heteroatoms. The van der Waals surface area contributed by atoms with Gasteiger partial charge >= 0.3 is 6.03 Å². The van der Waals surface area contributed by atoms with E-state index >= 15 is 0 Å². The standard InChI is InChI=1S/C15H26N4O3/c1-11-10-12(19(4)18-11)17-14(20)16-7-5-6-15(2,3)13-21-8-9-22-13/h10,13H,5-9H2,1-4H3,(H2,16,17,20). The molecule has 0 spiro atoms. The summed E-state index contributed by atoms with van der Waals surface area (Å²) in [6, 6.07) is 1.62. The second-order valence-electron chi connectivity index (χ2n) is 6.34. The Morgan fingerprint density at radius 1 is 1.45 bits per heavy atom. The molecule has 1 saturated heterocycles. The molecule has 0 atom stereocenters. The number of anilines is 1. The van der Waals surface area contributed by atoms with Crippen molar-refractivity contribution < 1.29 is 14.3 Å². The van der Waals surface area contributed by atoms with E-state index in [1.807, 2.05) is 13.0 Å². The number of aromatic nitrogens is 2. The molecule has 0 aromatic carbocycles. The van der Waals surface area contributed by atoms with Crippen LogP contribution in [0.4, 0.5) is 10.6 Å². The zero-order valence-electron chi connectivity index (χ0n) is 13.8. The largest absolute Gasteiger partial charge is 0.350 e. The highest BCUT2D eigenvalue weighted by atomic mass is 16.7. The maximum absolute atomic E-state index is 11.8. The summed E-state index contributed by atoms with van der Waals surface area (Å²) in [6.45, 7) is 8.08. The Bertz CT molecular complexity index is 507. The van der Waals surface area contributed by atoms with E-state index in [2.05, 4.69) is 29.6 Å². The van der Waals surface area contributed by atoms with Crippen LogP contribution in [0.5, 0.6) is 0 Å². The van der Waals surface area contributed by atoms with Crippen LogP contribution < -0.4 is 10.6 Å². The summed E-state index contributed by atoms with van der Waals surface area (Å²) in [5, 5.41) is 9.83. The molecule has 1 aromatic heterocycles. The molecule has 2 heterocycles. The van der Waals surface area contributed by atoms with Gasteiger partial charge in [-0.15, -0.1) is 0 Å². The monoisotopic (exact) mass is 310 g/mol. The van der Waals surface area contributed by atoms with E-state index in [-0.39, 0.29) is 17.7 Å². The number of urea groups is 1. The van der Waals surface area contributed by atoms with Gasteiger partial charge in [0.15, 0.2) is 6.29 Å². The highest BCUT2D eigenvalue weighted by Gasteiger charge is 2.33. The Hall–Kier alpha value is -1.60. The van der Waals surface area contributed by atoms with E-state index in [9.17, 15) is 4.79 Å². The maximum Gasteiger partial charge on any atom is 0.320 e.